The number of amides is 1. The number of carbonyl (C=O) groups is 2. The van der Waals surface area contributed by atoms with Crippen LogP contribution in [0.3, 0.4) is 0 Å². The fraction of sp³-hybridized carbons (Fsp3) is 0.333. The van der Waals surface area contributed by atoms with Crippen LogP contribution >= 0.6 is 0 Å². The number of fused-ring (bicyclic) bond motifs is 1. The molecule has 0 aliphatic carbocycles. The van der Waals surface area contributed by atoms with Crippen LogP contribution in [0.2, 0.25) is 0 Å². The minimum Gasteiger partial charge on any atom is -0.491 e. The van der Waals surface area contributed by atoms with Crippen LogP contribution in [-0.4, -0.2) is 42.3 Å². The first-order valence-corrected chi connectivity index (χ1v) is 10.6. The van der Waals surface area contributed by atoms with Gasteiger partial charge in [0.25, 0.3) is 0 Å². The van der Waals surface area contributed by atoms with Crippen molar-refractivity contribution in [2.75, 3.05) is 25.3 Å². The molecule has 0 saturated carbocycles. The van der Waals surface area contributed by atoms with Gasteiger partial charge in [-0.15, -0.1) is 0 Å². The Morgan fingerprint density at radius 3 is 2.79 bits per heavy atom. The first-order valence-electron chi connectivity index (χ1n) is 10.6. The SMILES string of the molecule is C[C@@H](CC/C=C/C(=O)O)[C@@H](OC(=O)Nc1ccc2c(c1)OCO2)c1cccc(OCCO)c1. The summed E-state index contributed by atoms with van der Waals surface area (Å²) < 4.78 is 21.9. The molecule has 3 rings (SSSR count). The zero-order chi connectivity index (χ0) is 23.6. The average molecular weight is 457 g/mol. The maximum absolute atomic E-state index is 12.7. The van der Waals surface area contributed by atoms with Gasteiger partial charge in [-0.1, -0.05) is 25.1 Å². The second kappa shape index (κ2) is 11.8. The van der Waals surface area contributed by atoms with Crippen LogP contribution in [0, 0.1) is 5.92 Å². The molecule has 3 N–H and O–H groups in total. The number of carboxylic acids is 1. The Kier molecular flexibility index (Phi) is 8.54. The van der Waals surface area contributed by atoms with E-state index in [1.807, 2.05) is 13.0 Å². The molecule has 0 spiro atoms. The van der Waals surface area contributed by atoms with E-state index in [0.29, 0.717) is 35.8 Å². The highest BCUT2D eigenvalue weighted by molar-refractivity contribution is 5.85. The Labute approximate surface area is 191 Å². The number of benzene rings is 2. The summed E-state index contributed by atoms with van der Waals surface area (Å²) in [7, 11) is 0. The van der Waals surface area contributed by atoms with E-state index in [1.54, 1.807) is 42.5 Å². The molecule has 0 bridgehead atoms. The summed E-state index contributed by atoms with van der Waals surface area (Å²) in [6.45, 7) is 2.09. The molecular weight excluding hydrogens is 430 g/mol. The highest BCUT2D eigenvalue weighted by atomic mass is 16.7. The molecule has 0 unspecified atom stereocenters. The lowest BCUT2D eigenvalue weighted by Gasteiger charge is -2.25. The summed E-state index contributed by atoms with van der Waals surface area (Å²) >= 11 is 0. The normalized spacial score (nSPS) is 14.0. The molecule has 0 saturated heterocycles. The van der Waals surface area contributed by atoms with Crippen LogP contribution in [0.5, 0.6) is 17.2 Å². The van der Waals surface area contributed by atoms with Crippen molar-refractivity contribution >= 4 is 17.7 Å². The summed E-state index contributed by atoms with van der Waals surface area (Å²) in [6.07, 6.45) is 2.51. The van der Waals surface area contributed by atoms with Crippen LogP contribution in [0.4, 0.5) is 10.5 Å². The van der Waals surface area contributed by atoms with Crippen LogP contribution in [0.15, 0.2) is 54.6 Å². The Morgan fingerprint density at radius 1 is 1.18 bits per heavy atom. The van der Waals surface area contributed by atoms with Crippen molar-refractivity contribution in [2.24, 2.45) is 5.92 Å². The van der Waals surface area contributed by atoms with Crippen LogP contribution in [0.25, 0.3) is 0 Å². The number of ether oxygens (including phenoxy) is 4. The van der Waals surface area contributed by atoms with Crippen molar-refractivity contribution in [3.05, 3.63) is 60.2 Å². The number of nitrogens with one attached hydrogen (secondary N) is 1. The van der Waals surface area contributed by atoms with E-state index in [1.165, 1.54) is 0 Å². The molecule has 176 valence electrons. The minimum absolute atomic E-state index is 0.117. The molecule has 1 aliphatic rings. The Balaban J connectivity index is 1.72. The first kappa shape index (κ1) is 23.9. The van der Waals surface area contributed by atoms with E-state index >= 15 is 0 Å². The number of carbonyl (C=O) groups excluding carboxylic acids is 1. The number of allylic oxidation sites excluding steroid dienone is 1. The highest BCUT2D eigenvalue weighted by Crippen LogP contribution is 2.35. The largest absolute Gasteiger partial charge is 0.491 e. The molecule has 9 heteroatoms. The Hall–Kier alpha value is -3.72. The minimum atomic E-state index is -1.01. The fourth-order valence-corrected chi connectivity index (χ4v) is 3.39. The van der Waals surface area contributed by atoms with Crippen molar-refractivity contribution < 1.29 is 38.7 Å². The quantitative estimate of drug-likeness (QED) is 0.430. The summed E-state index contributed by atoms with van der Waals surface area (Å²) in [5, 5.41) is 20.5. The van der Waals surface area contributed by atoms with E-state index in [4.69, 9.17) is 29.2 Å². The highest BCUT2D eigenvalue weighted by Gasteiger charge is 2.24. The third-order valence-corrected chi connectivity index (χ3v) is 4.97. The van der Waals surface area contributed by atoms with Gasteiger partial charge in [-0.25, -0.2) is 9.59 Å². The third-order valence-electron chi connectivity index (χ3n) is 4.97. The van der Waals surface area contributed by atoms with Gasteiger partial charge < -0.3 is 29.2 Å². The third kappa shape index (κ3) is 7.15. The molecule has 0 fully saturated rings. The van der Waals surface area contributed by atoms with E-state index < -0.39 is 18.2 Å². The lowest BCUT2D eigenvalue weighted by molar-refractivity contribution is -0.131. The Morgan fingerprint density at radius 2 is 2.00 bits per heavy atom. The standard InChI is InChI=1S/C24H27NO8/c1-16(5-2-3-8-22(27)28)23(17-6-4-7-19(13-17)30-12-11-26)33-24(29)25-18-9-10-20-21(14-18)32-15-31-20/h3-4,6-10,13-14,16,23,26H,2,5,11-12,15H2,1H3,(H,25,29)(H,27,28)/b8-3+/t16-,23+/m0/s1. The molecule has 1 amide bonds. The molecule has 2 atom stereocenters. The number of anilines is 1. The number of aliphatic carboxylic acids is 1. The second-order valence-corrected chi connectivity index (χ2v) is 7.46. The van der Waals surface area contributed by atoms with Gasteiger partial charge in [-0.05, 0) is 48.6 Å². The smallest absolute Gasteiger partial charge is 0.412 e. The second-order valence-electron chi connectivity index (χ2n) is 7.46. The van der Waals surface area contributed by atoms with Gasteiger partial charge in [0.05, 0.1) is 6.61 Å². The van der Waals surface area contributed by atoms with Crippen molar-refractivity contribution in [1.82, 2.24) is 0 Å². The summed E-state index contributed by atoms with van der Waals surface area (Å²) in [4.78, 5) is 23.4. The molecule has 1 aliphatic heterocycles. The number of hydrogen-bond acceptors (Lipinski definition) is 7. The Bertz CT molecular complexity index is 990. The summed E-state index contributed by atoms with van der Waals surface area (Å²) in [5.74, 6) is 0.557. The van der Waals surface area contributed by atoms with Crippen molar-refractivity contribution in [1.29, 1.82) is 0 Å². The van der Waals surface area contributed by atoms with E-state index in [2.05, 4.69) is 5.32 Å². The van der Waals surface area contributed by atoms with Crippen LogP contribution < -0.4 is 19.5 Å². The van der Waals surface area contributed by atoms with Crippen molar-refractivity contribution in [2.45, 2.75) is 25.9 Å². The van der Waals surface area contributed by atoms with Gasteiger partial charge in [-0.2, -0.15) is 0 Å². The van der Waals surface area contributed by atoms with E-state index in [0.717, 1.165) is 11.6 Å². The lowest BCUT2D eigenvalue weighted by atomic mass is 9.93. The average Bonchev–Trinajstić information content (AvgIpc) is 3.27. The zero-order valence-corrected chi connectivity index (χ0v) is 18.2. The number of carboxylic acid groups (broad SMARTS) is 1. The van der Waals surface area contributed by atoms with Crippen LogP contribution in [-0.2, 0) is 9.53 Å². The monoisotopic (exact) mass is 457 g/mol. The van der Waals surface area contributed by atoms with E-state index in [9.17, 15) is 9.59 Å². The van der Waals surface area contributed by atoms with Gasteiger partial charge in [-0.3, -0.25) is 5.32 Å². The van der Waals surface area contributed by atoms with Crippen LogP contribution in [0.1, 0.15) is 31.4 Å². The maximum atomic E-state index is 12.7. The predicted molar refractivity (Wildman–Crippen MR) is 120 cm³/mol. The van der Waals surface area contributed by atoms with E-state index in [-0.39, 0.29) is 25.9 Å². The molecule has 0 radical (unpaired) electrons. The van der Waals surface area contributed by atoms with Gasteiger partial charge in [0.1, 0.15) is 18.5 Å². The van der Waals surface area contributed by atoms with Gasteiger partial charge in [0.15, 0.2) is 11.5 Å². The molecular formula is C24H27NO8. The van der Waals surface area contributed by atoms with Crippen molar-refractivity contribution in [3.8, 4) is 17.2 Å². The predicted octanol–water partition coefficient (Wildman–Crippen LogP) is 4.13. The molecule has 33 heavy (non-hydrogen) atoms. The topological polar surface area (TPSA) is 124 Å². The number of aliphatic hydroxyl groups excluding tert-OH is 1. The summed E-state index contributed by atoms with van der Waals surface area (Å²) in [6, 6.07) is 12.2. The number of rotatable bonds is 11. The van der Waals surface area contributed by atoms with Gasteiger partial charge in [0.2, 0.25) is 6.79 Å². The lowest BCUT2D eigenvalue weighted by Crippen LogP contribution is -2.22. The van der Waals surface area contributed by atoms with Gasteiger partial charge >= 0.3 is 12.1 Å². The molecule has 1 heterocycles. The van der Waals surface area contributed by atoms with Crippen molar-refractivity contribution in [3.63, 3.8) is 0 Å². The zero-order valence-electron chi connectivity index (χ0n) is 18.2. The maximum Gasteiger partial charge on any atom is 0.412 e. The molecule has 2 aromatic carbocycles. The molecule has 2 aromatic rings. The van der Waals surface area contributed by atoms with Gasteiger partial charge in [0, 0.05) is 17.8 Å². The number of aliphatic hydroxyl groups is 1. The first-order chi connectivity index (χ1) is 16.0. The molecule has 0 aromatic heterocycles. The summed E-state index contributed by atoms with van der Waals surface area (Å²) in [5.41, 5.74) is 1.22. The molecule has 9 nitrogen and oxygen atoms in total. The number of hydrogen-bond donors (Lipinski definition) is 3. The fourth-order valence-electron chi connectivity index (χ4n) is 3.39.